The maximum Gasteiger partial charge on any atom is 0.573 e. The van der Waals surface area contributed by atoms with E-state index in [1.165, 1.54) is 12.1 Å². The van der Waals surface area contributed by atoms with E-state index in [4.69, 9.17) is 0 Å². The van der Waals surface area contributed by atoms with Crippen LogP contribution in [0.1, 0.15) is 0 Å². The van der Waals surface area contributed by atoms with Crippen molar-refractivity contribution in [2.24, 2.45) is 0 Å². The summed E-state index contributed by atoms with van der Waals surface area (Å²) in [6, 6.07) is 13.4. The Morgan fingerprint density at radius 1 is 0.905 bits per heavy atom. The second-order valence-electron chi connectivity index (χ2n) is 4.44. The zero-order valence-electron chi connectivity index (χ0n) is 10.8. The third-order valence-electron chi connectivity index (χ3n) is 2.97. The van der Waals surface area contributed by atoms with Gasteiger partial charge in [0.05, 0.1) is 5.69 Å². The SMILES string of the molecule is FC(F)(F)Oc1ccc(N2C=c3ccccc3=CN2)cc1. The van der Waals surface area contributed by atoms with Gasteiger partial charge in [0.15, 0.2) is 0 Å². The van der Waals surface area contributed by atoms with Crippen LogP contribution >= 0.6 is 0 Å². The first-order valence-corrected chi connectivity index (χ1v) is 6.20. The molecule has 2 aromatic rings. The first kappa shape index (κ1) is 13.4. The number of hydrazine groups is 1. The molecular formula is C15H11F3N2O. The van der Waals surface area contributed by atoms with E-state index in [1.807, 2.05) is 36.7 Å². The molecule has 3 rings (SSSR count). The smallest absolute Gasteiger partial charge is 0.406 e. The molecule has 1 aliphatic rings. The van der Waals surface area contributed by atoms with Gasteiger partial charge in [-0.1, -0.05) is 24.3 Å². The maximum atomic E-state index is 12.1. The molecule has 1 aliphatic heterocycles. The Hall–Kier alpha value is -2.63. The fraction of sp³-hybridized carbons (Fsp3) is 0.0667. The molecule has 0 unspecified atom stereocenters. The molecule has 0 aliphatic carbocycles. The Kier molecular flexibility index (Phi) is 3.21. The van der Waals surface area contributed by atoms with Gasteiger partial charge in [0.25, 0.3) is 0 Å². The van der Waals surface area contributed by atoms with Gasteiger partial charge >= 0.3 is 6.36 Å². The van der Waals surface area contributed by atoms with Crippen molar-refractivity contribution in [3.05, 3.63) is 59.0 Å². The Labute approximate surface area is 118 Å². The minimum absolute atomic E-state index is 0.243. The highest BCUT2D eigenvalue weighted by atomic mass is 19.4. The standard InChI is InChI=1S/C15H11F3N2O/c16-15(17,18)21-14-7-5-13(6-8-14)20-10-12-4-2-1-3-11(12)9-19-20/h1-10,19H. The summed E-state index contributed by atoms with van der Waals surface area (Å²) in [5, 5.41) is 3.79. The normalized spacial score (nSPS) is 13.6. The Morgan fingerprint density at radius 3 is 2.24 bits per heavy atom. The first-order valence-electron chi connectivity index (χ1n) is 6.20. The lowest BCUT2D eigenvalue weighted by atomic mass is 10.2. The summed E-state index contributed by atoms with van der Waals surface area (Å²) in [6.07, 6.45) is -0.978. The predicted molar refractivity (Wildman–Crippen MR) is 73.4 cm³/mol. The van der Waals surface area contributed by atoms with Crippen molar-refractivity contribution in [1.82, 2.24) is 5.43 Å². The molecule has 0 fully saturated rings. The van der Waals surface area contributed by atoms with E-state index in [9.17, 15) is 13.2 Å². The summed E-state index contributed by atoms with van der Waals surface area (Å²) < 4.78 is 40.2. The highest BCUT2D eigenvalue weighted by Gasteiger charge is 2.31. The quantitative estimate of drug-likeness (QED) is 0.917. The predicted octanol–water partition coefficient (Wildman–Crippen LogP) is 2.09. The van der Waals surface area contributed by atoms with Crippen molar-refractivity contribution < 1.29 is 17.9 Å². The van der Waals surface area contributed by atoms with Crippen LogP contribution in [0, 0.1) is 0 Å². The van der Waals surface area contributed by atoms with Gasteiger partial charge in [0.2, 0.25) is 0 Å². The monoisotopic (exact) mass is 292 g/mol. The number of ether oxygens (including phenoxy) is 1. The molecule has 0 spiro atoms. The van der Waals surface area contributed by atoms with Gasteiger partial charge in [-0.2, -0.15) is 0 Å². The molecule has 0 amide bonds. The zero-order chi connectivity index (χ0) is 14.9. The molecule has 0 aromatic heterocycles. The van der Waals surface area contributed by atoms with Gasteiger partial charge in [0.1, 0.15) is 5.75 Å². The van der Waals surface area contributed by atoms with Crippen molar-refractivity contribution in [2.75, 3.05) is 5.01 Å². The van der Waals surface area contributed by atoms with Crippen LogP contribution in [0.4, 0.5) is 18.9 Å². The molecule has 0 saturated heterocycles. The summed E-state index contributed by atoms with van der Waals surface area (Å²) >= 11 is 0. The van der Waals surface area contributed by atoms with E-state index >= 15 is 0 Å². The van der Waals surface area contributed by atoms with E-state index in [1.54, 1.807) is 17.1 Å². The average molecular weight is 292 g/mol. The molecular weight excluding hydrogens is 281 g/mol. The third-order valence-corrected chi connectivity index (χ3v) is 2.97. The number of hydrogen-bond acceptors (Lipinski definition) is 3. The first-order chi connectivity index (χ1) is 10.0. The lowest BCUT2D eigenvalue weighted by Gasteiger charge is -2.23. The van der Waals surface area contributed by atoms with Crippen LogP contribution in [0.3, 0.4) is 0 Å². The van der Waals surface area contributed by atoms with E-state index in [0.717, 1.165) is 10.4 Å². The number of alkyl halides is 3. The van der Waals surface area contributed by atoms with Crippen LogP contribution in [-0.2, 0) is 0 Å². The Bertz CT molecular complexity index is 754. The minimum Gasteiger partial charge on any atom is -0.406 e. The second kappa shape index (κ2) is 5.05. The van der Waals surface area contributed by atoms with Gasteiger partial charge in [-0.15, -0.1) is 13.2 Å². The highest BCUT2D eigenvalue weighted by Crippen LogP contribution is 2.25. The van der Waals surface area contributed by atoms with Gasteiger partial charge in [-0.05, 0) is 24.3 Å². The fourth-order valence-electron chi connectivity index (χ4n) is 2.03. The molecule has 0 atom stereocenters. The highest BCUT2D eigenvalue weighted by molar-refractivity contribution is 5.61. The van der Waals surface area contributed by atoms with Crippen LogP contribution in [0.15, 0.2) is 48.5 Å². The molecule has 1 N–H and O–H groups in total. The number of rotatable bonds is 2. The summed E-state index contributed by atoms with van der Waals surface area (Å²) in [7, 11) is 0. The van der Waals surface area contributed by atoms with E-state index in [0.29, 0.717) is 5.69 Å². The third kappa shape index (κ3) is 3.10. The molecule has 108 valence electrons. The minimum atomic E-state index is -4.68. The van der Waals surface area contributed by atoms with Crippen LogP contribution in [0.5, 0.6) is 5.75 Å². The van der Waals surface area contributed by atoms with Crippen LogP contribution in [0.25, 0.3) is 12.4 Å². The molecule has 0 bridgehead atoms. The van der Waals surface area contributed by atoms with Gasteiger partial charge in [0, 0.05) is 22.8 Å². The number of nitrogens with one attached hydrogen (secondary N) is 1. The zero-order valence-corrected chi connectivity index (χ0v) is 10.8. The molecule has 0 radical (unpaired) electrons. The van der Waals surface area contributed by atoms with E-state index in [-0.39, 0.29) is 5.75 Å². The van der Waals surface area contributed by atoms with Crippen molar-refractivity contribution in [3.8, 4) is 5.75 Å². The molecule has 21 heavy (non-hydrogen) atoms. The van der Waals surface area contributed by atoms with Crippen molar-refractivity contribution in [1.29, 1.82) is 0 Å². The molecule has 2 aromatic carbocycles. The number of anilines is 1. The summed E-state index contributed by atoms with van der Waals surface area (Å²) in [6.45, 7) is 0. The van der Waals surface area contributed by atoms with Gasteiger partial charge in [-0.3, -0.25) is 5.01 Å². The number of benzene rings is 2. The topological polar surface area (TPSA) is 24.5 Å². The van der Waals surface area contributed by atoms with Crippen molar-refractivity contribution in [2.45, 2.75) is 6.36 Å². The lowest BCUT2D eigenvalue weighted by Crippen LogP contribution is -2.41. The molecule has 3 nitrogen and oxygen atoms in total. The van der Waals surface area contributed by atoms with Gasteiger partial charge in [-0.25, -0.2) is 0 Å². The molecule has 6 heteroatoms. The van der Waals surface area contributed by atoms with Crippen molar-refractivity contribution in [3.63, 3.8) is 0 Å². The number of fused-ring (bicyclic) bond motifs is 1. The van der Waals surface area contributed by atoms with E-state index < -0.39 is 6.36 Å². The van der Waals surface area contributed by atoms with E-state index in [2.05, 4.69) is 10.2 Å². The molecule has 0 saturated carbocycles. The van der Waals surface area contributed by atoms with Crippen LogP contribution in [-0.4, -0.2) is 6.36 Å². The fourth-order valence-corrected chi connectivity index (χ4v) is 2.03. The van der Waals surface area contributed by atoms with Crippen LogP contribution in [0.2, 0.25) is 0 Å². The Morgan fingerprint density at radius 2 is 1.57 bits per heavy atom. The summed E-state index contributed by atoms with van der Waals surface area (Å²) in [5.41, 5.74) is 3.75. The average Bonchev–Trinajstić information content (AvgIpc) is 2.46. The largest absolute Gasteiger partial charge is 0.573 e. The number of halogens is 3. The number of hydrogen-bond donors (Lipinski definition) is 1. The summed E-state index contributed by atoms with van der Waals surface area (Å²) in [4.78, 5) is 0. The molecule has 1 heterocycles. The summed E-state index contributed by atoms with van der Waals surface area (Å²) in [5.74, 6) is -0.243. The lowest BCUT2D eigenvalue weighted by molar-refractivity contribution is -0.274. The second-order valence-corrected chi connectivity index (χ2v) is 4.44. The maximum absolute atomic E-state index is 12.1. The Balaban J connectivity index is 1.84. The van der Waals surface area contributed by atoms with Gasteiger partial charge < -0.3 is 10.2 Å². The van der Waals surface area contributed by atoms with Crippen LogP contribution < -0.4 is 25.6 Å². The van der Waals surface area contributed by atoms with Crippen molar-refractivity contribution >= 4 is 18.1 Å². The number of nitrogens with zero attached hydrogens (tertiary/aromatic N) is 1.